The quantitative estimate of drug-likeness (QED) is 0.490. The van der Waals surface area contributed by atoms with Crippen LogP contribution in [0.3, 0.4) is 0 Å². The Morgan fingerprint density at radius 2 is 2.27 bits per heavy atom. The van der Waals surface area contributed by atoms with E-state index >= 15 is 0 Å². The minimum Gasteiger partial charge on any atom is -0.353 e. The zero-order valence-electron chi connectivity index (χ0n) is 6.97. The zero-order valence-corrected chi connectivity index (χ0v) is 6.97. The lowest BCUT2D eigenvalue weighted by Crippen LogP contribution is -2.42. The second-order valence-corrected chi connectivity index (χ2v) is 2.47. The fraction of sp³-hybridized carbons (Fsp3) is 0.857. The summed E-state index contributed by atoms with van der Waals surface area (Å²) in [5.41, 5.74) is 10.7. The first-order valence-corrected chi connectivity index (χ1v) is 3.95. The minimum atomic E-state index is -0.369. The van der Waals surface area contributed by atoms with Crippen molar-refractivity contribution < 1.29 is 4.79 Å². The Morgan fingerprint density at radius 3 is 2.73 bits per heavy atom. The largest absolute Gasteiger partial charge is 0.353 e. The number of rotatable bonds is 5. The van der Waals surface area contributed by atoms with Gasteiger partial charge in [0.15, 0.2) is 0 Å². The molecule has 4 heteroatoms. The van der Waals surface area contributed by atoms with Crippen LogP contribution in [0.15, 0.2) is 0 Å². The highest BCUT2D eigenvalue weighted by Gasteiger charge is 2.09. The second-order valence-electron chi connectivity index (χ2n) is 2.47. The fourth-order valence-electron chi connectivity index (χ4n) is 0.769. The summed E-state index contributed by atoms with van der Waals surface area (Å²) < 4.78 is 0. The fourth-order valence-corrected chi connectivity index (χ4v) is 0.769. The molecule has 0 aliphatic rings. The summed E-state index contributed by atoms with van der Waals surface area (Å²) in [5, 5.41) is 2.63. The van der Waals surface area contributed by atoms with Crippen molar-refractivity contribution >= 4 is 5.91 Å². The molecule has 0 aromatic carbocycles. The van der Waals surface area contributed by atoms with Gasteiger partial charge in [0.2, 0.25) is 5.91 Å². The number of carbonyl (C=O) groups is 1. The van der Waals surface area contributed by atoms with Crippen molar-refractivity contribution in [2.75, 3.05) is 13.1 Å². The second kappa shape index (κ2) is 6.12. The Balaban J connectivity index is 3.47. The number of carbonyl (C=O) groups excluding carboxylic acids is 1. The van der Waals surface area contributed by atoms with E-state index in [0.29, 0.717) is 13.1 Å². The Labute approximate surface area is 67.3 Å². The third-order valence-corrected chi connectivity index (χ3v) is 1.38. The van der Waals surface area contributed by atoms with Crippen LogP contribution in [-0.4, -0.2) is 25.0 Å². The van der Waals surface area contributed by atoms with Crippen LogP contribution >= 0.6 is 0 Å². The molecule has 66 valence electrons. The number of nitrogens with one attached hydrogen (secondary N) is 1. The molecule has 0 rings (SSSR count). The van der Waals surface area contributed by atoms with Gasteiger partial charge in [0.05, 0.1) is 6.04 Å². The Hall–Kier alpha value is -0.610. The minimum absolute atomic E-state index is 0.0997. The summed E-state index contributed by atoms with van der Waals surface area (Å²) in [7, 11) is 0. The maximum absolute atomic E-state index is 11.0. The third-order valence-electron chi connectivity index (χ3n) is 1.38. The summed E-state index contributed by atoms with van der Waals surface area (Å²) in [4.78, 5) is 11.0. The van der Waals surface area contributed by atoms with Crippen LogP contribution in [0.4, 0.5) is 0 Å². The lowest BCUT2D eigenvalue weighted by molar-refractivity contribution is -0.122. The lowest BCUT2D eigenvalue weighted by atomic mass is 10.2. The molecule has 0 saturated heterocycles. The maximum atomic E-state index is 11.0. The summed E-state index contributed by atoms with van der Waals surface area (Å²) in [6, 6.07) is -0.369. The predicted molar refractivity (Wildman–Crippen MR) is 44.9 cm³/mol. The molecule has 0 saturated carbocycles. The monoisotopic (exact) mass is 159 g/mol. The highest BCUT2D eigenvalue weighted by Crippen LogP contribution is 1.91. The van der Waals surface area contributed by atoms with Crippen molar-refractivity contribution in [1.29, 1.82) is 0 Å². The Kier molecular flexibility index (Phi) is 5.78. The molecule has 0 aromatic rings. The summed E-state index contributed by atoms with van der Waals surface area (Å²) in [6.45, 7) is 2.97. The van der Waals surface area contributed by atoms with Crippen LogP contribution < -0.4 is 16.8 Å². The molecular formula is C7H17N3O. The number of hydrogen-bond donors (Lipinski definition) is 3. The average molecular weight is 159 g/mol. The Bertz CT molecular complexity index is 116. The lowest BCUT2D eigenvalue weighted by Gasteiger charge is -2.09. The molecule has 0 aromatic heterocycles. The van der Waals surface area contributed by atoms with Gasteiger partial charge in [-0.3, -0.25) is 4.79 Å². The van der Waals surface area contributed by atoms with Crippen molar-refractivity contribution in [1.82, 2.24) is 5.32 Å². The van der Waals surface area contributed by atoms with Gasteiger partial charge >= 0.3 is 0 Å². The van der Waals surface area contributed by atoms with E-state index in [0.717, 1.165) is 12.8 Å². The molecule has 0 fully saturated rings. The van der Waals surface area contributed by atoms with Crippen LogP contribution in [-0.2, 0) is 4.79 Å². The molecule has 0 bridgehead atoms. The van der Waals surface area contributed by atoms with Crippen molar-refractivity contribution in [3.05, 3.63) is 0 Å². The van der Waals surface area contributed by atoms with Crippen molar-refractivity contribution in [3.63, 3.8) is 0 Å². The summed E-state index contributed by atoms with van der Waals surface area (Å²) >= 11 is 0. The van der Waals surface area contributed by atoms with E-state index in [2.05, 4.69) is 5.32 Å². The summed E-state index contributed by atoms with van der Waals surface area (Å²) in [5.74, 6) is -0.0997. The van der Waals surface area contributed by atoms with E-state index in [9.17, 15) is 4.79 Å². The average Bonchev–Trinajstić information content (AvgIpc) is 2.00. The van der Waals surface area contributed by atoms with Crippen LogP contribution in [0, 0.1) is 0 Å². The van der Waals surface area contributed by atoms with E-state index in [1.165, 1.54) is 0 Å². The number of hydrogen-bond acceptors (Lipinski definition) is 3. The van der Waals surface area contributed by atoms with E-state index < -0.39 is 0 Å². The van der Waals surface area contributed by atoms with Crippen LogP contribution in [0.2, 0.25) is 0 Å². The van der Waals surface area contributed by atoms with Gasteiger partial charge in [-0.2, -0.15) is 0 Å². The highest BCUT2D eigenvalue weighted by atomic mass is 16.2. The Morgan fingerprint density at radius 1 is 1.64 bits per heavy atom. The van der Waals surface area contributed by atoms with Gasteiger partial charge in [0.25, 0.3) is 0 Å². The topological polar surface area (TPSA) is 81.1 Å². The number of nitrogens with two attached hydrogens (primary N) is 2. The molecule has 0 heterocycles. The van der Waals surface area contributed by atoms with E-state index in [-0.39, 0.29) is 11.9 Å². The molecule has 0 spiro atoms. The molecule has 11 heavy (non-hydrogen) atoms. The molecule has 5 N–H and O–H groups in total. The first kappa shape index (κ1) is 10.4. The third kappa shape index (κ3) is 4.75. The maximum Gasteiger partial charge on any atom is 0.236 e. The molecule has 0 aliphatic carbocycles. The van der Waals surface area contributed by atoms with E-state index in [4.69, 9.17) is 11.5 Å². The zero-order chi connectivity index (χ0) is 8.69. The van der Waals surface area contributed by atoms with E-state index in [1.54, 1.807) is 0 Å². The van der Waals surface area contributed by atoms with E-state index in [1.807, 2.05) is 6.92 Å². The van der Waals surface area contributed by atoms with Gasteiger partial charge in [-0.15, -0.1) is 0 Å². The van der Waals surface area contributed by atoms with Crippen LogP contribution in [0.25, 0.3) is 0 Å². The van der Waals surface area contributed by atoms with Crippen molar-refractivity contribution in [3.8, 4) is 0 Å². The molecule has 1 atom stereocenters. The molecule has 0 aliphatic heterocycles. The first-order valence-electron chi connectivity index (χ1n) is 3.95. The molecular weight excluding hydrogens is 142 g/mol. The molecule has 0 radical (unpaired) electrons. The van der Waals surface area contributed by atoms with Gasteiger partial charge in [-0.25, -0.2) is 0 Å². The van der Waals surface area contributed by atoms with Crippen molar-refractivity contribution in [2.45, 2.75) is 25.8 Å². The number of amides is 1. The molecule has 4 nitrogen and oxygen atoms in total. The van der Waals surface area contributed by atoms with Gasteiger partial charge in [-0.05, 0) is 6.42 Å². The van der Waals surface area contributed by atoms with Crippen LogP contribution in [0.1, 0.15) is 19.8 Å². The predicted octanol–water partition coefficient (Wildman–Crippen LogP) is -0.811. The van der Waals surface area contributed by atoms with Crippen molar-refractivity contribution in [2.24, 2.45) is 11.5 Å². The van der Waals surface area contributed by atoms with Gasteiger partial charge in [-0.1, -0.05) is 13.3 Å². The highest BCUT2D eigenvalue weighted by molar-refractivity contribution is 5.81. The smallest absolute Gasteiger partial charge is 0.236 e. The van der Waals surface area contributed by atoms with Gasteiger partial charge in [0, 0.05) is 13.1 Å². The summed E-state index contributed by atoms with van der Waals surface area (Å²) in [6.07, 6.45) is 1.66. The standard InChI is InChI=1S/C7H17N3O/c1-2-3-6(9)7(11)10-5-4-8/h6H,2-5,8-9H2,1H3,(H,10,11)/t6-/m0/s1. The SMILES string of the molecule is CCC[C@H](N)C(=O)NCCN. The van der Waals surface area contributed by atoms with Gasteiger partial charge < -0.3 is 16.8 Å². The first-order chi connectivity index (χ1) is 5.22. The van der Waals surface area contributed by atoms with Crippen LogP contribution in [0.5, 0.6) is 0 Å². The normalized spacial score (nSPS) is 12.6. The molecule has 1 amide bonds. The molecule has 0 unspecified atom stereocenters. The van der Waals surface area contributed by atoms with Gasteiger partial charge in [0.1, 0.15) is 0 Å².